The van der Waals surface area contributed by atoms with E-state index in [1.54, 1.807) is 25.2 Å². The van der Waals surface area contributed by atoms with Crippen LogP contribution in [-0.4, -0.2) is 17.7 Å². The third-order valence-electron chi connectivity index (χ3n) is 6.01. The second-order valence-electron chi connectivity index (χ2n) is 8.47. The summed E-state index contributed by atoms with van der Waals surface area (Å²) >= 11 is 1.61. The van der Waals surface area contributed by atoms with Crippen molar-refractivity contribution < 1.29 is 9.90 Å². The van der Waals surface area contributed by atoms with Crippen LogP contribution in [0.1, 0.15) is 64.9 Å². The summed E-state index contributed by atoms with van der Waals surface area (Å²) < 4.78 is 0. The van der Waals surface area contributed by atoms with Gasteiger partial charge in [-0.1, -0.05) is 0 Å². The molecule has 0 radical (unpaired) electrons. The van der Waals surface area contributed by atoms with Crippen LogP contribution < -0.4 is 10.6 Å². The summed E-state index contributed by atoms with van der Waals surface area (Å²) in [7, 11) is 0. The molecule has 2 aliphatic rings. The van der Waals surface area contributed by atoms with Gasteiger partial charge in [0.15, 0.2) is 0 Å². The number of aliphatic hydroxyl groups is 1. The molecule has 0 atom stereocenters. The van der Waals surface area contributed by atoms with Gasteiger partial charge in [-0.3, -0.25) is 0 Å². The summed E-state index contributed by atoms with van der Waals surface area (Å²) in [4.78, 5) is 13.7. The number of hydrogen-bond acceptors (Lipinski definition) is 4. The molecule has 0 saturated heterocycles. The first-order valence-corrected chi connectivity index (χ1v) is 11.2. The summed E-state index contributed by atoms with van der Waals surface area (Å²) in [6, 6.07) is 4.25. The smallest absolute Gasteiger partial charge is 0.319 e. The average Bonchev–Trinajstić information content (AvgIpc) is 3.41. The third kappa shape index (κ3) is 3.90. The van der Waals surface area contributed by atoms with Crippen molar-refractivity contribution in [2.45, 2.75) is 64.4 Å². The molecule has 5 nitrogen and oxygen atoms in total. The first kappa shape index (κ1) is 19.9. The lowest BCUT2D eigenvalue weighted by molar-refractivity contribution is 0.0790. The van der Waals surface area contributed by atoms with Crippen LogP contribution >= 0.6 is 11.3 Å². The first-order chi connectivity index (χ1) is 13.9. The minimum atomic E-state index is -0.837. The molecule has 1 aromatic carbocycles. The molecule has 0 saturated carbocycles. The molecule has 1 heterocycles. The van der Waals surface area contributed by atoms with Crippen molar-refractivity contribution in [2.75, 3.05) is 11.9 Å². The molecule has 152 valence electrons. The normalized spacial score (nSPS) is 15.0. The van der Waals surface area contributed by atoms with Gasteiger partial charge in [0.25, 0.3) is 0 Å². The first-order valence-electron chi connectivity index (χ1n) is 10.3. The van der Waals surface area contributed by atoms with E-state index in [0.717, 1.165) is 77.8 Å². The highest BCUT2D eigenvalue weighted by Crippen LogP contribution is 2.41. The lowest BCUT2D eigenvalue weighted by Crippen LogP contribution is -2.31. The van der Waals surface area contributed by atoms with Crippen LogP contribution in [0.3, 0.4) is 0 Å². The van der Waals surface area contributed by atoms with Gasteiger partial charge < -0.3 is 15.7 Å². The number of carbonyl (C=O) groups is 1. The number of benzene rings is 1. The van der Waals surface area contributed by atoms with E-state index in [0.29, 0.717) is 6.54 Å². The van der Waals surface area contributed by atoms with E-state index in [-0.39, 0.29) is 6.03 Å². The van der Waals surface area contributed by atoms with Crippen molar-refractivity contribution in [1.82, 2.24) is 5.32 Å². The molecule has 0 aliphatic heterocycles. The summed E-state index contributed by atoms with van der Waals surface area (Å²) in [6.07, 6.45) is 6.56. The number of carbonyl (C=O) groups excluding carboxylic acids is 1. The van der Waals surface area contributed by atoms with Gasteiger partial charge in [-0.25, -0.2) is 4.79 Å². The van der Waals surface area contributed by atoms with E-state index in [2.05, 4.69) is 16.7 Å². The largest absolute Gasteiger partial charge is 0.386 e. The standard InChI is InChI=1S/C23H27N3O2S/c1-23(2,28)14-11-15(29-13-14)9-10-25-22(27)26-21-18-7-3-5-16(18)20(12-24)17-6-4-8-19(17)21/h11,13,28H,3-10H2,1-2H3,(H2,25,26,27). The van der Waals surface area contributed by atoms with Gasteiger partial charge in [0.05, 0.1) is 17.2 Å². The van der Waals surface area contributed by atoms with Gasteiger partial charge in [-0.05, 0) is 98.1 Å². The minimum Gasteiger partial charge on any atom is -0.386 e. The van der Waals surface area contributed by atoms with Gasteiger partial charge in [-0.15, -0.1) is 11.3 Å². The Hall–Kier alpha value is -2.36. The molecule has 0 bridgehead atoms. The van der Waals surface area contributed by atoms with E-state index < -0.39 is 5.60 Å². The van der Waals surface area contributed by atoms with Gasteiger partial charge in [0.1, 0.15) is 0 Å². The van der Waals surface area contributed by atoms with Crippen LogP contribution in [-0.2, 0) is 37.7 Å². The number of fused-ring (bicyclic) bond motifs is 2. The second kappa shape index (κ2) is 7.81. The quantitative estimate of drug-likeness (QED) is 0.692. The van der Waals surface area contributed by atoms with Crippen molar-refractivity contribution >= 4 is 23.1 Å². The van der Waals surface area contributed by atoms with Crippen LogP contribution in [0.25, 0.3) is 0 Å². The molecule has 0 unspecified atom stereocenters. The lowest BCUT2D eigenvalue weighted by Gasteiger charge is -2.18. The number of anilines is 1. The molecule has 0 spiro atoms. The summed E-state index contributed by atoms with van der Waals surface area (Å²) in [5, 5.41) is 27.8. The van der Waals surface area contributed by atoms with Gasteiger partial charge >= 0.3 is 6.03 Å². The summed E-state index contributed by atoms with van der Waals surface area (Å²) in [6.45, 7) is 4.09. The van der Waals surface area contributed by atoms with Crippen molar-refractivity contribution in [3.63, 3.8) is 0 Å². The molecule has 4 rings (SSSR count). The average molecular weight is 410 g/mol. The van der Waals surface area contributed by atoms with Gasteiger partial charge in [-0.2, -0.15) is 5.26 Å². The molecule has 29 heavy (non-hydrogen) atoms. The predicted molar refractivity (Wildman–Crippen MR) is 115 cm³/mol. The highest BCUT2D eigenvalue weighted by atomic mass is 32.1. The monoisotopic (exact) mass is 409 g/mol. The van der Waals surface area contributed by atoms with E-state index in [4.69, 9.17) is 0 Å². The highest BCUT2D eigenvalue weighted by Gasteiger charge is 2.29. The summed E-state index contributed by atoms with van der Waals surface area (Å²) in [5.74, 6) is 0. The third-order valence-corrected chi connectivity index (χ3v) is 7.01. The van der Waals surface area contributed by atoms with Gasteiger partial charge in [0.2, 0.25) is 0 Å². The molecule has 1 aromatic heterocycles. The Bertz CT molecular complexity index is 960. The zero-order valence-corrected chi connectivity index (χ0v) is 17.8. The van der Waals surface area contributed by atoms with E-state index >= 15 is 0 Å². The van der Waals surface area contributed by atoms with Crippen molar-refractivity contribution in [2.24, 2.45) is 0 Å². The zero-order valence-electron chi connectivity index (χ0n) is 17.0. The minimum absolute atomic E-state index is 0.183. The van der Waals surface area contributed by atoms with E-state index in [1.165, 1.54) is 11.1 Å². The molecular formula is C23H27N3O2S. The fourth-order valence-corrected chi connectivity index (χ4v) is 5.58. The number of thiophene rings is 1. The maximum absolute atomic E-state index is 12.6. The maximum Gasteiger partial charge on any atom is 0.319 e. The summed E-state index contributed by atoms with van der Waals surface area (Å²) in [5.41, 5.74) is 6.55. The molecule has 0 fully saturated rings. The Kier molecular flexibility index (Phi) is 5.37. The Morgan fingerprint density at radius 2 is 1.79 bits per heavy atom. The van der Waals surface area contributed by atoms with E-state index in [1.807, 2.05) is 11.4 Å². The van der Waals surface area contributed by atoms with Crippen LogP contribution in [0, 0.1) is 11.3 Å². The lowest BCUT2D eigenvalue weighted by atomic mass is 9.93. The SMILES string of the molecule is CC(C)(O)c1csc(CCNC(=O)Nc2c3c(c(C#N)c4c2CCC4)CCC3)c1. The number of rotatable bonds is 5. The maximum atomic E-state index is 12.6. The van der Waals surface area contributed by atoms with Crippen LogP contribution in [0.15, 0.2) is 11.4 Å². The van der Waals surface area contributed by atoms with Gasteiger partial charge in [0, 0.05) is 17.1 Å². The Morgan fingerprint density at radius 3 is 2.34 bits per heavy atom. The van der Waals surface area contributed by atoms with Crippen LogP contribution in [0.2, 0.25) is 0 Å². The fourth-order valence-electron chi connectivity index (χ4n) is 4.53. The number of nitrogens with zero attached hydrogens (tertiary/aromatic N) is 1. The molecule has 3 N–H and O–H groups in total. The fraction of sp³-hybridized carbons (Fsp3) is 0.478. The Morgan fingerprint density at radius 1 is 1.17 bits per heavy atom. The molecule has 6 heteroatoms. The number of hydrogen-bond donors (Lipinski definition) is 3. The number of amides is 2. The van der Waals surface area contributed by atoms with E-state index in [9.17, 15) is 15.2 Å². The number of urea groups is 1. The molecular weight excluding hydrogens is 382 g/mol. The molecule has 2 aromatic rings. The van der Waals surface area contributed by atoms with Crippen molar-refractivity contribution in [1.29, 1.82) is 5.26 Å². The molecule has 2 amide bonds. The zero-order chi connectivity index (χ0) is 20.6. The topological polar surface area (TPSA) is 85.2 Å². The Labute approximate surface area is 175 Å². The number of nitrogens with one attached hydrogen (secondary N) is 2. The van der Waals surface area contributed by atoms with Crippen molar-refractivity contribution in [3.8, 4) is 6.07 Å². The number of nitriles is 1. The molecule has 2 aliphatic carbocycles. The Balaban J connectivity index is 1.43. The van der Waals surface area contributed by atoms with Crippen LogP contribution in [0.4, 0.5) is 10.5 Å². The van der Waals surface area contributed by atoms with Crippen LogP contribution in [0.5, 0.6) is 0 Å². The highest BCUT2D eigenvalue weighted by molar-refractivity contribution is 7.10. The van der Waals surface area contributed by atoms with Crippen molar-refractivity contribution in [3.05, 3.63) is 49.7 Å². The second-order valence-corrected chi connectivity index (χ2v) is 9.47. The predicted octanol–water partition coefficient (Wildman–Crippen LogP) is 4.19.